The zero-order chi connectivity index (χ0) is 16.2. The fraction of sp³-hybridized carbons (Fsp3) is 0.611. The van der Waals surface area contributed by atoms with Gasteiger partial charge in [-0.15, -0.1) is 0 Å². The molecule has 5 heteroatoms. The summed E-state index contributed by atoms with van der Waals surface area (Å²) in [4.78, 5) is 13.5. The maximum Gasteiger partial charge on any atom is 0.307 e. The summed E-state index contributed by atoms with van der Waals surface area (Å²) in [6.45, 7) is 5.90. The molecule has 1 saturated heterocycles. The summed E-state index contributed by atoms with van der Waals surface area (Å²) in [6.07, 6.45) is 2.80. The van der Waals surface area contributed by atoms with E-state index in [4.69, 9.17) is 9.47 Å². The summed E-state index contributed by atoms with van der Waals surface area (Å²) in [7, 11) is 0. The van der Waals surface area contributed by atoms with Crippen LogP contribution in [-0.4, -0.2) is 42.3 Å². The van der Waals surface area contributed by atoms with Gasteiger partial charge in [-0.3, -0.25) is 9.69 Å². The Morgan fingerprint density at radius 3 is 2.70 bits per heavy atom. The molecule has 126 valence electrons. The maximum atomic E-state index is 11.3. The lowest BCUT2D eigenvalue weighted by Gasteiger charge is -2.34. The summed E-state index contributed by atoms with van der Waals surface area (Å²) >= 11 is 0. The summed E-state index contributed by atoms with van der Waals surface area (Å²) in [5.74, 6) is 1.08. The Hall–Kier alpha value is -1.75. The molecular formula is C18H25NO4. The topological polar surface area (TPSA) is 59.0 Å². The van der Waals surface area contributed by atoms with Crippen LogP contribution in [0.1, 0.15) is 31.7 Å². The first-order valence-electron chi connectivity index (χ1n) is 8.45. The number of aliphatic carboxylic acids is 1. The zero-order valence-electron chi connectivity index (χ0n) is 13.7. The van der Waals surface area contributed by atoms with Crippen molar-refractivity contribution in [2.24, 2.45) is 11.8 Å². The van der Waals surface area contributed by atoms with Crippen molar-refractivity contribution in [3.8, 4) is 11.5 Å². The van der Waals surface area contributed by atoms with E-state index in [1.165, 1.54) is 0 Å². The van der Waals surface area contributed by atoms with E-state index in [1.807, 2.05) is 12.1 Å². The van der Waals surface area contributed by atoms with E-state index in [0.717, 1.165) is 62.6 Å². The van der Waals surface area contributed by atoms with Crippen LogP contribution in [0.15, 0.2) is 18.2 Å². The molecular weight excluding hydrogens is 294 g/mol. The number of nitrogens with zero attached hydrogens (tertiary/aromatic N) is 1. The van der Waals surface area contributed by atoms with E-state index < -0.39 is 5.97 Å². The van der Waals surface area contributed by atoms with Gasteiger partial charge in [0, 0.05) is 19.6 Å². The molecule has 2 heterocycles. The highest BCUT2D eigenvalue weighted by Crippen LogP contribution is 2.31. The van der Waals surface area contributed by atoms with Gasteiger partial charge in [0.25, 0.3) is 0 Å². The van der Waals surface area contributed by atoms with Crippen LogP contribution < -0.4 is 9.47 Å². The zero-order valence-corrected chi connectivity index (χ0v) is 13.7. The SMILES string of the molecule is CC1CC(C(=O)O)CN(Cc2ccc3c(c2)OCCCCO3)C1. The predicted molar refractivity (Wildman–Crippen MR) is 86.8 cm³/mol. The number of carboxylic acids is 1. The van der Waals surface area contributed by atoms with Gasteiger partial charge in [0.2, 0.25) is 0 Å². The second kappa shape index (κ2) is 7.21. The van der Waals surface area contributed by atoms with Crippen LogP contribution in [0.4, 0.5) is 0 Å². The van der Waals surface area contributed by atoms with Crippen molar-refractivity contribution in [3.63, 3.8) is 0 Å². The number of carboxylic acid groups (broad SMARTS) is 1. The second-order valence-electron chi connectivity index (χ2n) is 6.76. The van der Waals surface area contributed by atoms with Crippen molar-refractivity contribution in [2.75, 3.05) is 26.3 Å². The van der Waals surface area contributed by atoms with Crippen molar-refractivity contribution in [1.29, 1.82) is 0 Å². The molecule has 1 aromatic rings. The van der Waals surface area contributed by atoms with Crippen LogP contribution in [-0.2, 0) is 11.3 Å². The third-order valence-corrected chi connectivity index (χ3v) is 4.55. The number of piperidine rings is 1. The molecule has 0 aromatic heterocycles. The largest absolute Gasteiger partial charge is 0.490 e. The van der Waals surface area contributed by atoms with Crippen molar-refractivity contribution in [1.82, 2.24) is 4.90 Å². The van der Waals surface area contributed by atoms with Crippen molar-refractivity contribution >= 4 is 5.97 Å². The first-order chi connectivity index (χ1) is 11.1. The van der Waals surface area contributed by atoms with Gasteiger partial charge in [0.05, 0.1) is 19.1 Å². The third kappa shape index (κ3) is 4.16. The fourth-order valence-electron chi connectivity index (χ4n) is 3.48. The molecule has 0 aliphatic carbocycles. The number of carbonyl (C=O) groups is 1. The van der Waals surface area contributed by atoms with Crippen LogP contribution in [0.2, 0.25) is 0 Å². The molecule has 1 N–H and O–H groups in total. The molecule has 0 spiro atoms. The summed E-state index contributed by atoms with van der Waals surface area (Å²) < 4.78 is 11.5. The molecule has 3 rings (SSSR count). The molecule has 2 aliphatic heterocycles. The Kier molecular flexibility index (Phi) is 5.06. The minimum atomic E-state index is -0.684. The number of ether oxygens (including phenoxy) is 2. The average molecular weight is 319 g/mol. The summed E-state index contributed by atoms with van der Waals surface area (Å²) in [6, 6.07) is 6.06. The lowest BCUT2D eigenvalue weighted by molar-refractivity contribution is -0.144. The predicted octanol–water partition coefficient (Wildman–Crippen LogP) is 2.78. The maximum absolute atomic E-state index is 11.3. The third-order valence-electron chi connectivity index (χ3n) is 4.55. The minimum Gasteiger partial charge on any atom is -0.490 e. The number of hydrogen-bond acceptors (Lipinski definition) is 4. The summed E-state index contributed by atoms with van der Waals surface area (Å²) in [5, 5.41) is 9.29. The molecule has 1 aromatic carbocycles. The number of likely N-dealkylation sites (tertiary alicyclic amines) is 1. The average Bonchev–Trinajstić information content (AvgIpc) is 2.48. The molecule has 2 atom stereocenters. The van der Waals surface area contributed by atoms with Gasteiger partial charge < -0.3 is 14.6 Å². The normalized spacial score (nSPS) is 25.4. The second-order valence-corrected chi connectivity index (χ2v) is 6.76. The van der Waals surface area contributed by atoms with Crippen LogP contribution in [0.3, 0.4) is 0 Å². The van der Waals surface area contributed by atoms with Gasteiger partial charge in [0.15, 0.2) is 11.5 Å². The van der Waals surface area contributed by atoms with Crippen molar-refractivity contribution < 1.29 is 19.4 Å². The lowest BCUT2D eigenvalue weighted by Crippen LogP contribution is -2.41. The van der Waals surface area contributed by atoms with E-state index >= 15 is 0 Å². The highest BCUT2D eigenvalue weighted by molar-refractivity contribution is 5.70. The van der Waals surface area contributed by atoms with Gasteiger partial charge in [-0.05, 0) is 42.9 Å². The monoisotopic (exact) mass is 319 g/mol. The van der Waals surface area contributed by atoms with Crippen molar-refractivity contribution in [2.45, 2.75) is 32.7 Å². The first-order valence-corrected chi connectivity index (χ1v) is 8.45. The van der Waals surface area contributed by atoms with Crippen LogP contribution in [0.5, 0.6) is 11.5 Å². The van der Waals surface area contributed by atoms with Gasteiger partial charge in [0.1, 0.15) is 0 Å². The van der Waals surface area contributed by atoms with E-state index in [-0.39, 0.29) is 5.92 Å². The highest BCUT2D eigenvalue weighted by atomic mass is 16.5. The summed E-state index contributed by atoms with van der Waals surface area (Å²) in [5.41, 5.74) is 1.14. The van der Waals surface area contributed by atoms with Gasteiger partial charge in [-0.2, -0.15) is 0 Å². The molecule has 5 nitrogen and oxygen atoms in total. The molecule has 2 unspecified atom stereocenters. The number of fused-ring (bicyclic) bond motifs is 1. The molecule has 1 fully saturated rings. The van der Waals surface area contributed by atoms with Crippen LogP contribution >= 0.6 is 0 Å². The molecule has 0 bridgehead atoms. The molecule has 0 amide bonds. The van der Waals surface area contributed by atoms with E-state index in [1.54, 1.807) is 0 Å². The van der Waals surface area contributed by atoms with E-state index in [9.17, 15) is 9.90 Å². The van der Waals surface area contributed by atoms with Gasteiger partial charge >= 0.3 is 5.97 Å². The van der Waals surface area contributed by atoms with Crippen LogP contribution in [0.25, 0.3) is 0 Å². The fourth-order valence-corrected chi connectivity index (χ4v) is 3.48. The van der Waals surface area contributed by atoms with Gasteiger partial charge in [-0.25, -0.2) is 0 Å². The van der Waals surface area contributed by atoms with E-state index in [0.29, 0.717) is 12.5 Å². The number of hydrogen-bond donors (Lipinski definition) is 1. The molecule has 0 radical (unpaired) electrons. The molecule has 0 saturated carbocycles. The smallest absolute Gasteiger partial charge is 0.307 e. The van der Waals surface area contributed by atoms with Crippen LogP contribution in [0, 0.1) is 11.8 Å². The Labute approximate surface area is 137 Å². The lowest BCUT2D eigenvalue weighted by atomic mass is 9.90. The Bertz CT molecular complexity index is 560. The number of rotatable bonds is 3. The Balaban J connectivity index is 1.69. The quantitative estimate of drug-likeness (QED) is 0.928. The highest BCUT2D eigenvalue weighted by Gasteiger charge is 2.29. The number of benzene rings is 1. The standard InChI is InChI=1S/C18H25NO4/c1-13-8-15(18(20)21)12-19(10-13)11-14-4-5-16-17(9-14)23-7-3-2-6-22-16/h4-5,9,13,15H,2-3,6-8,10-12H2,1H3,(H,20,21). The van der Waals surface area contributed by atoms with E-state index in [2.05, 4.69) is 17.9 Å². The molecule has 23 heavy (non-hydrogen) atoms. The minimum absolute atomic E-state index is 0.261. The first kappa shape index (κ1) is 16.1. The molecule has 2 aliphatic rings. The van der Waals surface area contributed by atoms with Gasteiger partial charge in [-0.1, -0.05) is 13.0 Å². The Morgan fingerprint density at radius 1 is 1.22 bits per heavy atom. The van der Waals surface area contributed by atoms with Crippen molar-refractivity contribution in [3.05, 3.63) is 23.8 Å². The Morgan fingerprint density at radius 2 is 1.96 bits per heavy atom.